The average molecular weight is 572 g/mol. The van der Waals surface area contributed by atoms with Crippen molar-refractivity contribution in [1.82, 2.24) is 4.90 Å². The van der Waals surface area contributed by atoms with Crippen LogP contribution in [0.5, 0.6) is 0 Å². The minimum atomic E-state index is -0.821. The van der Waals surface area contributed by atoms with E-state index >= 15 is 0 Å². The second-order valence-electron chi connectivity index (χ2n) is 11.6. The molecule has 3 fully saturated rings. The third kappa shape index (κ3) is 4.73. The second-order valence-corrected chi connectivity index (χ2v) is 13.5. The van der Waals surface area contributed by atoms with Crippen molar-refractivity contribution < 1.29 is 24.2 Å². The Morgan fingerprint density at radius 2 is 1.80 bits per heavy atom. The van der Waals surface area contributed by atoms with Crippen LogP contribution >= 0.6 is 11.8 Å². The molecule has 3 heterocycles. The van der Waals surface area contributed by atoms with Crippen LogP contribution in [-0.4, -0.2) is 82.2 Å². The largest absolute Gasteiger partial charge is 0.466 e. The number of ether oxygens (including phenoxy) is 1. The first kappa shape index (κ1) is 30.4. The molecule has 220 valence electrons. The van der Waals surface area contributed by atoms with Gasteiger partial charge in [-0.15, -0.1) is 18.3 Å². The van der Waals surface area contributed by atoms with E-state index in [1.54, 1.807) is 34.6 Å². The molecule has 1 spiro atoms. The molecule has 9 heteroatoms. The Labute approximate surface area is 243 Å². The van der Waals surface area contributed by atoms with E-state index in [4.69, 9.17) is 4.74 Å². The van der Waals surface area contributed by atoms with E-state index in [0.29, 0.717) is 12.8 Å². The molecule has 0 aromatic heterocycles. The fraction of sp³-hybridized carbons (Fsp3) is 0.645. The highest BCUT2D eigenvalue weighted by molar-refractivity contribution is 8.02. The predicted molar refractivity (Wildman–Crippen MR) is 160 cm³/mol. The Balaban J connectivity index is 1.81. The second kappa shape index (κ2) is 11.8. The molecule has 1 aromatic carbocycles. The molecule has 0 radical (unpaired) electrons. The third-order valence-electron chi connectivity index (χ3n) is 9.17. The zero-order valence-corrected chi connectivity index (χ0v) is 25.6. The van der Waals surface area contributed by atoms with Gasteiger partial charge in [0.1, 0.15) is 6.04 Å². The van der Waals surface area contributed by atoms with Crippen molar-refractivity contribution >= 4 is 40.9 Å². The molecule has 6 atom stereocenters. The van der Waals surface area contributed by atoms with Gasteiger partial charge in [0.25, 0.3) is 5.91 Å². The molecular formula is C31H45N3O5S. The van der Waals surface area contributed by atoms with Crippen molar-refractivity contribution in [1.29, 1.82) is 0 Å². The third-order valence-corrected chi connectivity index (χ3v) is 11.2. The summed E-state index contributed by atoms with van der Waals surface area (Å²) in [5, 5.41) is 10.5. The molecule has 3 aliphatic heterocycles. The maximum atomic E-state index is 14.8. The van der Waals surface area contributed by atoms with Crippen molar-refractivity contribution in [2.45, 2.75) is 76.0 Å². The number of hydrogen-bond donors (Lipinski definition) is 1. The topological polar surface area (TPSA) is 90.4 Å². The smallest absolute Gasteiger partial charge is 0.311 e. The Morgan fingerprint density at radius 3 is 2.33 bits per heavy atom. The molecule has 2 unspecified atom stereocenters. The fourth-order valence-corrected chi connectivity index (χ4v) is 9.57. The Bertz CT molecular complexity index is 1120. The first-order chi connectivity index (χ1) is 19.0. The number of aliphatic hydroxyl groups is 1. The highest BCUT2D eigenvalue weighted by atomic mass is 32.2. The first-order valence-electron chi connectivity index (χ1n) is 14.6. The van der Waals surface area contributed by atoms with Gasteiger partial charge in [0.05, 0.1) is 35.8 Å². The summed E-state index contributed by atoms with van der Waals surface area (Å²) in [4.78, 5) is 48.0. The number of amides is 2. The van der Waals surface area contributed by atoms with Crippen molar-refractivity contribution in [2.24, 2.45) is 17.8 Å². The van der Waals surface area contributed by atoms with Crippen LogP contribution in [0.2, 0.25) is 0 Å². The van der Waals surface area contributed by atoms with Gasteiger partial charge in [0.2, 0.25) is 5.91 Å². The van der Waals surface area contributed by atoms with Crippen molar-refractivity contribution in [2.75, 3.05) is 42.6 Å². The number of anilines is 2. The Morgan fingerprint density at radius 1 is 1.18 bits per heavy atom. The average Bonchev–Trinajstić information content (AvgIpc) is 3.49. The summed E-state index contributed by atoms with van der Waals surface area (Å²) < 4.78 is 4.22. The van der Waals surface area contributed by atoms with Crippen LogP contribution in [0.25, 0.3) is 0 Å². The zero-order chi connectivity index (χ0) is 29.4. The van der Waals surface area contributed by atoms with Gasteiger partial charge in [0.15, 0.2) is 0 Å². The van der Waals surface area contributed by atoms with Crippen LogP contribution in [0.1, 0.15) is 54.4 Å². The van der Waals surface area contributed by atoms with Gasteiger partial charge < -0.3 is 24.5 Å². The molecule has 3 saturated heterocycles. The first-order valence-corrected chi connectivity index (χ1v) is 15.4. The number of rotatable bonds is 12. The number of nitrogens with zero attached hydrogens (tertiary/aromatic N) is 3. The van der Waals surface area contributed by atoms with E-state index < -0.39 is 33.4 Å². The lowest BCUT2D eigenvalue weighted by Gasteiger charge is -2.40. The number of aliphatic hydroxyl groups excluding tert-OH is 1. The molecule has 1 N–H and O–H groups in total. The van der Waals surface area contributed by atoms with Crippen LogP contribution in [0.15, 0.2) is 36.9 Å². The minimum absolute atomic E-state index is 0.0838. The normalized spacial score (nSPS) is 29.4. The van der Waals surface area contributed by atoms with Crippen molar-refractivity contribution in [3.63, 3.8) is 0 Å². The minimum Gasteiger partial charge on any atom is -0.466 e. The van der Waals surface area contributed by atoms with Crippen LogP contribution in [0.3, 0.4) is 0 Å². The number of likely N-dealkylation sites (tertiary alicyclic amines) is 1. The number of hydrogen-bond acceptors (Lipinski definition) is 7. The van der Waals surface area contributed by atoms with Crippen LogP contribution < -0.4 is 9.80 Å². The van der Waals surface area contributed by atoms with Gasteiger partial charge >= 0.3 is 5.97 Å². The molecular weight excluding hydrogens is 526 g/mol. The maximum Gasteiger partial charge on any atom is 0.311 e. The van der Waals surface area contributed by atoms with E-state index in [1.807, 2.05) is 45.0 Å². The summed E-state index contributed by atoms with van der Waals surface area (Å²) in [7, 11) is 0. The van der Waals surface area contributed by atoms with Gasteiger partial charge in [-0.1, -0.05) is 19.9 Å². The predicted octanol–water partition coefficient (Wildman–Crippen LogP) is 4.11. The molecule has 40 heavy (non-hydrogen) atoms. The molecule has 2 bridgehead atoms. The summed E-state index contributed by atoms with van der Waals surface area (Å²) >= 11 is 1.62. The standard InChI is InChI=1S/C31H45N3O5S/c1-8-18-33(22-14-12-21(13-15-22)32(9-2)10-3)28(37)26-31-17-16-30(7,40-31)25(29(38)39-11-4)24(31)27(36)34(26)23(19-35)20(5)6/h8,12-15,20,23-26,35H,1,9-11,16-19H2,2-7H3/t23-,24-,25-,26?,30+,31?/m0/s1. The molecule has 0 aliphatic carbocycles. The monoisotopic (exact) mass is 571 g/mol. The summed E-state index contributed by atoms with van der Waals surface area (Å²) in [5.41, 5.74) is 1.80. The number of benzene rings is 1. The zero-order valence-electron chi connectivity index (χ0n) is 24.8. The van der Waals surface area contributed by atoms with E-state index in [9.17, 15) is 19.5 Å². The number of fused-ring (bicyclic) bond motifs is 1. The summed E-state index contributed by atoms with van der Waals surface area (Å²) in [6.07, 6.45) is 3.06. The molecule has 0 saturated carbocycles. The van der Waals surface area contributed by atoms with E-state index in [1.165, 1.54) is 0 Å². The van der Waals surface area contributed by atoms with Gasteiger partial charge in [-0.2, -0.15) is 0 Å². The number of thioether (sulfide) groups is 1. The van der Waals surface area contributed by atoms with E-state index in [2.05, 4.69) is 25.3 Å². The lowest BCUT2D eigenvalue weighted by molar-refractivity contribution is -0.155. The summed E-state index contributed by atoms with van der Waals surface area (Å²) in [5.74, 6) is -2.19. The number of carbonyl (C=O) groups is 3. The van der Waals surface area contributed by atoms with E-state index in [0.717, 1.165) is 24.5 Å². The number of esters is 1. The van der Waals surface area contributed by atoms with Gasteiger partial charge in [-0.05, 0) is 70.7 Å². The van der Waals surface area contributed by atoms with Crippen molar-refractivity contribution in [3.8, 4) is 0 Å². The van der Waals surface area contributed by atoms with Crippen LogP contribution in [0, 0.1) is 17.8 Å². The van der Waals surface area contributed by atoms with E-state index in [-0.39, 0.29) is 43.5 Å². The lowest BCUT2D eigenvalue weighted by atomic mass is 9.66. The van der Waals surface area contributed by atoms with Gasteiger partial charge in [-0.25, -0.2) is 0 Å². The highest BCUT2D eigenvalue weighted by Crippen LogP contribution is 2.72. The fourth-order valence-electron chi connectivity index (χ4n) is 7.24. The SMILES string of the molecule is C=CCN(C(=O)C1N([C@@H](CO)C(C)C)C(=O)[C@@H]2[C@@H](C(=O)OCC)[C@@]3(C)CCC12S3)c1ccc(N(CC)CC)cc1. The molecule has 2 amide bonds. The summed E-state index contributed by atoms with van der Waals surface area (Å²) in [6, 6.07) is 6.55. The van der Waals surface area contributed by atoms with Gasteiger partial charge in [-0.3, -0.25) is 14.4 Å². The summed E-state index contributed by atoms with van der Waals surface area (Å²) in [6.45, 7) is 17.8. The van der Waals surface area contributed by atoms with Crippen LogP contribution in [0.4, 0.5) is 11.4 Å². The Kier molecular flexibility index (Phi) is 8.95. The molecule has 3 aliphatic rings. The number of carbonyl (C=O) groups excluding carboxylic acids is 3. The van der Waals surface area contributed by atoms with Crippen LogP contribution in [-0.2, 0) is 19.1 Å². The highest BCUT2D eigenvalue weighted by Gasteiger charge is 2.78. The molecule has 1 aromatic rings. The Hall–Kier alpha value is -2.52. The molecule has 8 nitrogen and oxygen atoms in total. The quantitative estimate of drug-likeness (QED) is 0.298. The van der Waals surface area contributed by atoms with Crippen molar-refractivity contribution in [3.05, 3.63) is 36.9 Å². The maximum absolute atomic E-state index is 14.8. The molecule has 4 rings (SSSR count). The lowest BCUT2D eigenvalue weighted by Crippen LogP contribution is -2.58. The van der Waals surface area contributed by atoms with Gasteiger partial charge in [0, 0.05) is 35.8 Å².